The molecule has 1 rings (SSSR count). The third kappa shape index (κ3) is 4.71. The normalized spacial score (nSPS) is 11.4. The monoisotopic (exact) mass is 313 g/mol. The minimum atomic E-state index is -3.42. The highest BCUT2D eigenvalue weighted by atomic mass is 32.2. The molecule has 0 spiro atoms. The van der Waals surface area contributed by atoms with Crippen LogP contribution < -0.4 is 10.6 Å². The molecule has 0 fully saturated rings. The van der Waals surface area contributed by atoms with E-state index in [9.17, 15) is 13.2 Å². The Morgan fingerprint density at radius 3 is 2.10 bits per heavy atom. The van der Waals surface area contributed by atoms with Gasteiger partial charge in [-0.3, -0.25) is 0 Å². The van der Waals surface area contributed by atoms with Gasteiger partial charge in [0.2, 0.25) is 10.0 Å². The van der Waals surface area contributed by atoms with Gasteiger partial charge in [-0.15, -0.1) is 0 Å². The van der Waals surface area contributed by atoms with E-state index in [1.807, 2.05) is 20.8 Å². The molecule has 1 aromatic rings. The summed E-state index contributed by atoms with van der Waals surface area (Å²) in [5, 5.41) is 5.32. The third-order valence-electron chi connectivity index (χ3n) is 3.06. The molecule has 2 amide bonds. The molecule has 0 saturated carbocycles. The molecule has 0 aliphatic rings. The molecule has 0 saturated heterocycles. The van der Waals surface area contributed by atoms with E-state index in [0.717, 1.165) is 5.56 Å². The van der Waals surface area contributed by atoms with Crippen molar-refractivity contribution in [1.29, 1.82) is 0 Å². The lowest BCUT2D eigenvalue weighted by atomic mass is 10.2. The lowest BCUT2D eigenvalue weighted by Gasteiger charge is -2.18. The summed E-state index contributed by atoms with van der Waals surface area (Å²) in [6.45, 7) is 7.27. The fourth-order valence-electron chi connectivity index (χ4n) is 1.90. The highest BCUT2D eigenvalue weighted by molar-refractivity contribution is 7.89. The Hall–Kier alpha value is -1.60. The molecule has 0 aliphatic carbocycles. The second kappa shape index (κ2) is 7.99. The summed E-state index contributed by atoms with van der Waals surface area (Å²) in [5.74, 6) is 0. The summed E-state index contributed by atoms with van der Waals surface area (Å²) in [4.78, 5) is 11.6. The van der Waals surface area contributed by atoms with Gasteiger partial charge in [-0.25, -0.2) is 13.2 Å². The van der Waals surface area contributed by atoms with Crippen molar-refractivity contribution in [3.8, 4) is 0 Å². The second-order valence-electron chi connectivity index (χ2n) is 4.45. The zero-order chi connectivity index (χ0) is 15.9. The predicted molar refractivity (Wildman–Crippen MR) is 82.5 cm³/mol. The van der Waals surface area contributed by atoms with Gasteiger partial charge in [-0.1, -0.05) is 26.0 Å². The summed E-state index contributed by atoms with van der Waals surface area (Å²) < 4.78 is 26.0. The SMILES string of the molecule is CCNC(=O)NCc1ccc(S(=O)(=O)N(CC)CC)cc1. The first-order valence-corrected chi connectivity index (χ1v) is 8.50. The zero-order valence-corrected chi connectivity index (χ0v) is 13.5. The molecule has 0 unspecified atom stereocenters. The number of hydrogen-bond acceptors (Lipinski definition) is 3. The van der Waals surface area contributed by atoms with Gasteiger partial charge in [0.25, 0.3) is 0 Å². The quantitative estimate of drug-likeness (QED) is 0.801. The van der Waals surface area contributed by atoms with Crippen LogP contribution in [0.3, 0.4) is 0 Å². The molecule has 0 heterocycles. The highest BCUT2D eigenvalue weighted by Gasteiger charge is 2.21. The van der Waals surface area contributed by atoms with E-state index >= 15 is 0 Å². The van der Waals surface area contributed by atoms with E-state index in [0.29, 0.717) is 26.2 Å². The van der Waals surface area contributed by atoms with Crippen LogP contribution in [0.4, 0.5) is 4.79 Å². The minimum absolute atomic E-state index is 0.239. The van der Waals surface area contributed by atoms with Gasteiger partial charge >= 0.3 is 6.03 Å². The van der Waals surface area contributed by atoms with Crippen LogP contribution >= 0.6 is 0 Å². The van der Waals surface area contributed by atoms with Gasteiger partial charge in [-0.05, 0) is 24.6 Å². The zero-order valence-electron chi connectivity index (χ0n) is 12.7. The molecule has 118 valence electrons. The van der Waals surface area contributed by atoms with Crippen LogP contribution in [-0.2, 0) is 16.6 Å². The van der Waals surface area contributed by atoms with Crippen LogP contribution in [0.15, 0.2) is 29.2 Å². The Bertz CT molecular complexity index is 551. The first-order valence-electron chi connectivity index (χ1n) is 7.06. The first kappa shape index (κ1) is 17.5. The van der Waals surface area contributed by atoms with Crippen LogP contribution in [0.2, 0.25) is 0 Å². The van der Waals surface area contributed by atoms with Gasteiger partial charge in [0.05, 0.1) is 4.90 Å². The molecule has 7 heteroatoms. The summed E-state index contributed by atoms with van der Waals surface area (Å²) in [5.41, 5.74) is 0.847. The van der Waals surface area contributed by atoms with Crippen molar-refractivity contribution in [2.75, 3.05) is 19.6 Å². The molecular weight excluding hydrogens is 290 g/mol. The number of nitrogens with zero attached hydrogens (tertiary/aromatic N) is 1. The molecular formula is C14H23N3O3S. The number of urea groups is 1. The average Bonchev–Trinajstić information content (AvgIpc) is 2.47. The standard InChI is InChI=1S/C14H23N3O3S/c1-4-15-14(18)16-11-12-7-9-13(10-8-12)21(19,20)17(5-2)6-3/h7-10H,4-6,11H2,1-3H3,(H2,15,16,18). The Balaban J connectivity index is 2.76. The molecule has 21 heavy (non-hydrogen) atoms. The van der Waals surface area contributed by atoms with Gasteiger partial charge in [-0.2, -0.15) is 4.31 Å². The van der Waals surface area contributed by atoms with E-state index in [1.54, 1.807) is 24.3 Å². The molecule has 0 aromatic heterocycles. The fraction of sp³-hybridized carbons (Fsp3) is 0.500. The van der Waals surface area contributed by atoms with E-state index in [1.165, 1.54) is 4.31 Å². The van der Waals surface area contributed by atoms with Crippen LogP contribution in [-0.4, -0.2) is 38.4 Å². The smallest absolute Gasteiger partial charge is 0.315 e. The maximum absolute atomic E-state index is 12.3. The Kier molecular flexibility index (Phi) is 6.64. The van der Waals surface area contributed by atoms with Crippen LogP contribution in [0.25, 0.3) is 0 Å². The van der Waals surface area contributed by atoms with Crippen molar-refractivity contribution in [3.05, 3.63) is 29.8 Å². The maximum Gasteiger partial charge on any atom is 0.315 e. The van der Waals surface area contributed by atoms with Crippen molar-refractivity contribution in [2.45, 2.75) is 32.2 Å². The molecule has 0 radical (unpaired) electrons. The third-order valence-corrected chi connectivity index (χ3v) is 5.12. The molecule has 2 N–H and O–H groups in total. The van der Waals surface area contributed by atoms with Crippen molar-refractivity contribution < 1.29 is 13.2 Å². The van der Waals surface area contributed by atoms with E-state index in [2.05, 4.69) is 10.6 Å². The van der Waals surface area contributed by atoms with Crippen LogP contribution in [0, 0.1) is 0 Å². The molecule has 0 atom stereocenters. The van der Waals surface area contributed by atoms with E-state index < -0.39 is 10.0 Å². The Labute approximate surface area is 126 Å². The first-order chi connectivity index (χ1) is 9.95. The minimum Gasteiger partial charge on any atom is -0.338 e. The Morgan fingerprint density at radius 2 is 1.62 bits per heavy atom. The van der Waals surface area contributed by atoms with Gasteiger partial charge in [0.1, 0.15) is 0 Å². The number of nitrogens with one attached hydrogen (secondary N) is 2. The topological polar surface area (TPSA) is 78.5 Å². The van der Waals surface area contributed by atoms with Gasteiger partial charge < -0.3 is 10.6 Å². The van der Waals surface area contributed by atoms with Gasteiger partial charge in [0.15, 0.2) is 0 Å². The average molecular weight is 313 g/mol. The Morgan fingerprint density at radius 1 is 1.05 bits per heavy atom. The molecule has 1 aromatic carbocycles. The summed E-state index contributed by atoms with van der Waals surface area (Å²) in [6.07, 6.45) is 0. The molecule has 6 nitrogen and oxygen atoms in total. The van der Waals surface area contributed by atoms with Crippen LogP contribution in [0.5, 0.6) is 0 Å². The number of sulfonamides is 1. The van der Waals surface area contributed by atoms with Crippen molar-refractivity contribution in [3.63, 3.8) is 0 Å². The summed E-state index contributed by atoms with van der Waals surface area (Å²) >= 11 is 0. The van der Waals surface area contributed by atoms with E-state index in [-0.39, 0.29) is 10.9 Å². The number of benzene rings is 1. The lowest BCUT2D eigenvalue weighted by Crippen LogP contribution is -2.34. The molecule has 0 aliphatic heterocycles. The van der Waals surface area contributed by atoms with E-state index in [4.69, 9.17) is 0 Å². The van der Waals surface area contributed by atoms with Gasteiger partial charge in [0, 0.05) is 26.2 Å². The molecule has 0 bridgehead atoms. The van der Waals surface area contributed by atoms with Crippen molar-refractivity contribution in [1.82, 2.24) is 14.9 Å². The second-order valence-corrected chi connectivity index (χ2v) is 6.38. The maximum atomic E-state index is 12.3. The predicted octanol–water partition coefficient (Wildman–Crippen LogP) is 1.54. The number of hydrogen-bond donors (Lipinski definition) is 2. The van der Waals surface area contributed by atoms with Crippen molar-refractivity contribution in [2.24, 2.45) is 0 Å². The number of carbonyl (C=O) groups excluding carboxylic acids is 1. The largest absolute Gasteiger partial charge is 0.338 e. The lowest BCUT2D eigenvalue weighted by molar-refractivity contribution is 0.241. The number of carbonyl (C=O) groups is 1. The van der Waals surface area contributed by atoms with Crippen LogP contribution in [0.1, 0.15) is 26.3 Å². The summed E-state index contributed by atoms with van der Waals surface area (Å²) in [6, 6.07) is 6.33. The highest BCUT2D eigenvalue weighted by Crippen LogP contribution is 2.16. The number of rotatable bonds is 7. The number of amides is 2. The fourth-order valence-corrected chi connectivity index (χ4v) is 3.36. The van der Waals surface area contributed by atoms with Crippen molar-refractivity contribution >= 4 is 16.1 Å². The summed E-state index contributed by atoms with van der Waals surface area (Å²) in [7, 11) is -3.42.